The van der Waals surface area contributed by atoms with Crippen molar-refractivity contribution in [1.29, 1.82) is 0 Å². The van der Waals surface area contributed by atoms with Crippen LogP contribution in [0.5, 0.6) is 11.5 Å². The summed E-state index contributed by atoms with van der Waals surface area (Å²) in [5.74, 6) is 0.563. The predicted molar refractivity (Wildman–Crippen MR) is 112 cm³/mol. The van der Waals surface area contributed by atoms with E-state index in [1.54, 1.807) is 21.9 Å². The molecular formula is C24H20N2O4. The predicted octanol–water partition coefficient (Wildman–Crippen LogP) is 4.02. The van der Waals surface area contributed by atoms with Gasteiger partial charge in [-0.25, -0.2) is 0 Å². The lowest BCUT2D eigenvalue weighted by Crippen LogP contribution is -2.47. The molecule has 2 aliphatic rings. The zero-order valence-corrected chi connectivity index (χ0v) is 16.7. The zero-order valence-electron chi connectivity index (χ0n) is 16.7. The Balaban J connectivity index is 1.73. The Morgan fingerprint density at radius 3 is 2.30 bits per heavy atom. The molecule has 6 nitrogen and oxygen atoms in total. The molecule has 0 spiro atoms. The third-order valence-electron chi connectivity index (χ3n) is 5.68. The highest BCUT2D eigenvalue weighted by molar-refractivity contribution is 6.18. The Kier molecular flexibility index (Phi) is 4.20. The number of para-hydroxylation sites is 1. The fourth-order valence-electron chi connectivity index (χ4n) is 4.37. The number of carbonyl (C=O) groups is 2. The Morgan fingerprint density at radius 2 is 1.57 bits per heavy atom. The number of hydrogen-bond acceptors (Lipinski definition) is 4. The maximum Gasteiger partial charge on any atom is 0.264 e. The van der Waals surface area contributed by atoms with E-state index in [1.165, 1.54) is 14.2 Å². The summed E-state index contributed by atoms with van der Waals surface area (Å²) in [7, 11) is 3.06. The van der Waals surface area contributed by atoms with Crippen LogP contribution in [0.4, 0.5) is 5.69 Å². The smallest absolute Gasteiger partial charge is 0.264 e. The van der Waals surface area contributed by atoms with Gasteiger partial charge in [-0.05, 0) is 23.8 Å². The van der Waals surface area contributed by atoms with Crippen LogP contribution in [0.3, 0.4) is 0 Å². The zero-order chi connectivity index (χ0) is 20.8. The van der Waals surface area contributed by atoms with E-state index in [9.17, 15) is 9.59 Å². The van der Waals surface area contributed by atoms with Crippen LogP contribution in [-0.4, -0.2) is 30.9 Å². The molecule has 3 aromatic carbocycles. The fourth-order valence-corrected chi connectivity index (χ4v) is 4.37. The molecule has 2 heterocycles. The van der Waals surface area contributed by atoms with E-state index in [0.29, 0.717) is 34.9 Å². The molecule has 2 aliphatic heterocycles. The highest BCUT2D eigenvalue weighted by Crippen LogP contribution is 2.50. The van der Waals surface area contributed by atoms with Crippen LogP contribution in [0, 0.1) is 0 Å². The summed E-state index contributed by atoms with van der Waals surface area (Å²) in [6, 6.07) is 20.6. The standard InChI is InChI=1S/C24H20N2O4/c1-29-19-13-12-17-20(21(19)30-2)24(28)26-18-11-7-6-10-16(18)23(27)25(22(17)26)14-15-8-4-3-5-9-15/h3-13,22H,14H2,1-2H3. The summed E-state index contributed by atoms with van der Waals surface area (Å²) in [6.07, 6.45) is -0.546. The first-order chi connectivity index (χ1) is 14.7. The second kappa shape index (κ2) is 6.91. The Hall–Kier alpha value is -3.80. The van der Waals surface area contributed by atoms with Gasteiger partial charge in [-0.2, -0.15) is 0 Å². The number of nitrogens with zero attached hydrogens (tertiary/aromatic N) is 2. The van der Waals surface area contributed by atoms with Gasteiger partial charge in [0.05, 0.1) is 31.0 Å². The molecule has 0 saturated heterocycles. The lowest BCUT2D eigenvalue weighted by atomic mass is 10.0. The number of rotatable bonds is 4. The molecular weight excluding hydrogens is 380 g/mol. The molecule has 0 saturated carbocycles. The summed E-state index contributed by atoms with van der Waals surface area (Å²) in [6.45, 7) is 0.385. The monoisotopic (exact) mass is 400 g/mol. The van der Waals surface area contributed by atoms with Gasteiger partial charge in [0.2, 0.25) is 0 Å². The van der Waals surface area contributed by atoms with Crippen molar-refractivity contribution in [3.05, 3.63) is 89.0 Å². The third kappa shape index (κ3) is 2.50. The van der Waals surface area contributed by atoms with Gasteiger partial charge in [0, 0.05) is 12.1 Å². The average molecular weight is 400 g/mol. The number of carbonyl (C=O) groups excluding carboxylic acids is 2. The van der Waals surface area contributed by atoms with Gasteiger partial charge in [0.1, 0.15) is 6.17 Å². The topological polar surface area (TPSA) is 59.1 Å². The van der Waals surface area contributed by atoms with Crippen molar-refractivity contribution < 1.29 is 19.1 Å². The molecule has 0 N–H and O–H groups in total. The fraction of sp³-hybridized carbons (Fsp3) is 0.167. The highest BCUT2D eigenvalue weighted by atomic mass is 16.5. The van der Waals surface area contributed by atoms with E-state index < -0.39 is 6.17 Å². The van der Waals surface area contributed by atoms with Crippen molar-refractivity contribution >= 4 is 17.5 Å². The van der Waals surface area contributed by atoms with E-state index in [0.717, 1.165) is 11.1 Å². The Labute approximate surface area is 174 Å². The summed E-state index contributed by atoms with van der Waals surface area (Å²) >= 11 is 0. The third-order valence-corrected chi connectivity index (χ3v) is 5.68. The first kappa shape index (κ1) is 18.2. The van der Waals surface area contributed by atoms with Crippen LogP contribution in [0.1, 0.15) is 38.0 Å². The maximum atomic E-state index is 13.6. The van der Waals surface area contributed by atoms with Gasteiger partial charge >= 0.3 is 0 Å². The van der Waals surface area contributed by atoms with Crippen molar-refractivity contribution in [1.82, 2.24) is 4.90 Å². The first-order valence-electron chi connectivity index (χ1n) is 9.68. The quantitative estimate of drug-likeness (QED) is 0.664. The van der Waals surface area contributed by atoms with Gasteiger partial charge in [0.25, 0.3) is 11.8 Å². The molecule has 150 valence electrons. The molecule has 1 unspecified atom stereocenters. The molecule has 2 amide bonds. The second-order valence-corrected chi connectivity index (χ2v) is 7.25. The lowest BCUT2D eigenvalue weighted by molar-refractivity contribution is 0.0629. The van der Waals surface area contributed by atoms with E-state index in [-0.39, 0.29) is 11.8 Å². The Bertz CT molecular complexity index is 1160. The Morgan fingerprint density at radius 1 is 0.833 bits per heavy atom. The van der Waals surface area contributed by atoms with Crippen LogP contribution in [0.2, 0.25) is 0 Å². The average Bonchev–Trinajstić information content (AvgIpc) is 3.09. The minimum atomic E-state index is -0.546. The van der Waals surface area contributed by atoms with Gasteiger partial charge in [-0.1, -0.05) is 48.5 Å². The van der Waals surface area contributed by atoms with Crippen molar-refractivity contribution in [2.24, 2.45) is 0 Å². The minimum Gasteiger partial charge on any atom is -0.493 e. The van der Waals surface area contributed by atoms with Crippen LogP contribution in [-0.2, 0) is 6.54 Å². The number of methoxy groups -OCH3 is 2. The molecule has 0 fully saturated rings. The van der Waals surface area contributed by atoms with E-state index >= 15 is 0 Å². The molecule has 0 aliphatic carbocycles. The molecule has 30 heavy (non-hydrogen) atoms. The van der Waals surface area contributed by atoms with Gasteiger partial charge in [-0.15, -0.1) is 0 Å². The van der Waals surface area contributed by atoms with Crippen LogP contribution in [0.15, 0.2) is 66.7 Å². The molecule has 1 atom stereocenters. The number of ether oxygens (including phenoxy) is 2. The first-order valence-corrected chi connectivity index (χ1v) is 9.68. The molecule has 0 radical (unpaired) electrons. The highest BCUT2D eigenvalue weighted by Gasteiger charge is 2.49. The molecule has 0 aromatic heterocycles. The van der Waals surface area contributed by atoms with Gasteiger partial charge in [0.15, 0.2) is 11.5 Å². The van der Waals surface area contributed by atoms with Gasteiger partial charge in [-0.3, -0.25) is 14.5 Å². The molecule has 3 aromatic rings. The largest absolute Gasteiger partial charge is 0.493 e. The summed E-state index contributed by atoms with van der Waals surface area (Å²) in [4.78, 5) is 30.5. The van der Waals surface area contributed by atoms with Crippen molar-refractivity contribution in [2.75, 3.05) is 19.1 Å². The lowest BCUT2D eigenvalue weighted by Gasteiger charge is -2.41. The second-order valence-electron chi connectivity index (χ2n) is 7.25. The van der Waals surface area contributed by atoms with E-state index in [4.69, 9.17) is 9.47 Å². The summed E-state index contributed by atoms with van der Waals surface area (Å²) in [5, 5.41) is 0. The van der Waals surface area contributed by atoms with Crippen molar-refractivity contribution in [3.63, 3.8) is 0 Å². The van der Waals surface area contributed by atoms with Crippen LogP contribution < -0.4 is 14.4 Å². The van der Waals surface area contributed by atoms with Crippen molar-refractivity contribution in [3.8, 4) is 11.5 Å². The SMILES string of the molecule is COc1ccc2c(c1OC)C(=O)N1c3ccccc3C(=O)N(Cc3ccccc3)C21. The van der Waals surface area contributed by atoms with Crippen LogP contribution >= 0.6 is 0 Å². The molecule has 5 rings (SSSR count). The summed E-state index contributed by atoms with van der Waals surface area (Å²) in [5.41, 5.74) is 3.28. The minimum absolute atomic E-state index is 0.105. The van der Waals surface area contributed by atoms with Gasteiger partial charge < -0.3 is 14.4 Å². The molecule has 0 bridgehead atoms. The van der Waals surface area contributed by atoms with E-state index in [1.807, 2.05) is 54.6 Å². The number of hydrogen-bond donors (Lipinski definition) is 0. The molecule has 6 heteroatoms. The van der Waals surface area contributed by atoms with Crippen LogP contribution in [0.25, 0.3) is 0 Å². The normalized spacial score (nSPS) is 16.8. The number of anilines is 1. The number of fused-ring (bicyclic) bond motifs is 5. The maximum absolute atomic E-state index is 13.6. The number of amides is 2. The summed E-state index contributed by atoms with van der Waals surface area (Å²) < 4.78 is 10.9. The van der Waals surface area contributed by atoms with Crippen molar-refractivity contribution in [2.45, 2.75) is 12.7 Å². The number of benzene rings is 3. The van der Waals surface area contributed by atoms with E-state index in [2.05, 4.69) is 0 Å².